The van der Waals surface area contributed by atoms with E-state index in [1.807, 2.05) is 6.07 Å². The number of hydrogen-bond donors (Lipinski definition) is 1. The predicted octanol–water partition coefficient (Wildman–Crippen LogP) is 6.45. The molecular formula is C25H25F6NO3. The van der Waals surface area contributed by atoms with E-state index in [9.17, 15) is 36.2 Å². The van der Waals surface area contributed by atoms with E-state index in [0.29, 0.717) is 29.9 Å². The number of benzene rings is 2. The van der Waals surface area contributed by atoms with Crippen LogP contribution in [0.25, 0.3) is 0 Å². The van der Waals surface area contributed by atoms with Crippen molar-refractivity contribution in [3.8, 4) is 5.75 Å². The number of anilines is 1. The molecule has 10 heteroatoms. The van der Waals surface area contributed by atoms with Crippen LogP contribution in [0.15, 0.2) is 42.5 Å². The van der Waals surface area contributed by atoms with E-state index in [-0.39, 0.29) is 31.5 Å². The Balaban J connectivity index is 1.41. The highest BCUT2D eigenvalue weighted by Gasteiger charge is 2.41. The highest BCUT2D eigenvalue weighted by atomic mass is 19.4. The molecule has 190 valence electrons. The monoisotopic (exact) mass is 501 g/mol. The van der Waals surface area contributed by atoms with Crippen molar-refractivity contribution in [1.82, 2.24) is 0 Å². The lowest BCUT2D eigenvalue weighted by Gasteiger charge is -2.42. The first-order valence-corrected chi connectivity index (χ1v) is 11.3. The number of hydrogen-bond acceptors (Lipinski definition) is 3. The van der Waals surface area contributed by atoms with Gasteiger partial charge in [-0.2, -0.15) is 26.3 Å². The van der Waals surface area contributed by atoms with Crippen molar-refractivity contribution in [2.75, 3.05) is 24.6 Å². The molecule has 1 N–H and O–H groups in total. The van der Waals surface area contributed by atoms with Gasteiger partial charge in [0.05, 0.1) is 23.7 Å². The van der Waals surface area contributed by atoms with E-state index >= 15 is 0 Å². The first kappa shape index (κ1) is 25.2. The van der Waals surface area contributed by atoms with Crippen LogP contribution in [-0.4, -0.2) is 30.8 Å². The van der Waals surface area contributed by atoms with Crippen molar-refractivity contribution in [1.29, 1.82) is 0 Å². The zero-order chi connectivity index (χ0) is 25.5. The maximum atomic E-state index is 13.4. The second-order valence-corrected chi connectivity index (χ2v) is 9.37. The Hall–Kier alpha value is -2.91. The van der Waals surface area contributed by atoms with Gasteiger partial charge < -0.3 is 14.7 Å². The van der Waals surface area contributed by atoms with Crippen LogP contribution in [0.1, 0.15) is 42.4 Å². The first-order valence-electron chi connectivity index (χ1n) is 11.3. The Morgan fingerprint density at radius 3 is 2.31 bits per heavy atom. The zero-order valence-corrected chi connectivity index (χ0v) is 18.9. The van der Waals surface area contributed by atoms with Crippen molar-refractivity contribution < 1.29 is 41.0 Å². The molecule has 0 unspecified atom stereocenters. The predicted molar refractivity (Wildman–Crippen MR) is 116 cm³/mol. The minimum atomic E-state index is -4.77. The molecule has 1 saturated carbocycles. The van der Waals surface area contributed by atoms with E-state index in [4.69, 9.17) is 4.74 Å². The van der Waals surface area contributed by atoms with Crippen LogP contribution in [0.5, 0.6) is 5.75 Å². The number of halogens is 6. The minimum Gasteiger partial charge on any atom is -0.493 e. The molecule has 1 heterocycles. The summed E-state index contributed by atoms with van der Waals surface area (Å²) in [5.74, 6) is -0.863. The minimum absolute atomic E-state index is 0.128. The molecule has 1 aliphatic carbocycles. The molecule has 2 aromatic rings. The van der Waals surface area contributed by atoms with Gasteiger partial charge >= 0.3 is 18.3 Å². The van der Waals surface area contributed by atoms with Crippen molar-refractivity contribution in [3.63, 3.8) is 0 Å². The molecule has 0 aromatic heterocycles. The summed E-state index contributed by atoms with van der Waals surface area (Å²) in [6, 6.07) is 8.64. The van der Waals surface area contributed by atoms with E-state index in [0.717, 1.165) is 18.4 Å². The van der Waals surface area contributed by atoms with Crippen molar-refractivity contribution >= 4 is 11.7 Å². The van der Waals surface area contributed by atoms with Crippen LogP contribution >= 0.6 is 0 Å². The Labute approximate surface area is 198 Å². The van der Waals surface area contributed by atoms with Crippen LogP contribution < -0.4 is 9.64 Å². The molecule has 0 radical (unpaired) electrons. The Morgan fingerprint density at radius 2 is 1.74 bits per heavy atom. The topological polar surface area (TPSA) is 49.8 Å². The molecule has 0 bridgehead atoms. The SMILES string of the molecule is C[C@H](C(=O)O)[C@H](c1cccc(OCC2CN(c3cc(C(F)(F)F)ccc3C(F)(F)F)C2)c1)C1CC1. The fourth-order valence-electron chi connectivity index (χ4n) is 4.69. The van der Waals surface area contributed by atoms with Crippen LogP contribution in [-0.2, 0) is 17.1 Å². The van der Waals surface area contributed by atoms with E-state index in [2.05, 4.69) is 0 Å². The van der Waals surface area contributed by atoms with Gasteiger partial charge in [0, 0.05) is 24.7 Å². The highest BCUT2D eigenvalue weighted by Crippen LogP contribution is 2.47. The van der Waals surface area contributed by atoms with Crippen molar-refractivity contribution in [3.05, 3.63) is 59.2 Å². The molecule has 35 heavy (non-hydrogen) atoms. The van der Waals surface area contributed by atoms with Gasteiger partial charge in [0.25, 0.3) is 0 Å². The third-order valence-electron chi connectivity index (χ3n) is 6.72. The van der Waals surface area contributed by atoms with Gasteiger partial charge in [0.2, 0.25) is 0 Å². The maximum Gasteiger partial charge on any atom is 0.418 e. The average molecular weight is 501 g/mol. The molecule has 2 atom stereocenters. The molecule has 2 fully saturated rings. The molecule has 1 saturated heterocycles. The second-order valence-electron chi connectivity index (χ2n) is 9.37. The number of carboxylic acids is 1. The fraction of sp³-hybridized carbons (Fsp3) is 0.480. The van der Waals surface area contributed by atoms with Crippen molar-refractivity contribution in [2.24, 2.45) is 17.8 Å². The van der Waals surface area contributed by atoms with Crippen LogP contribution in [0, 0.1) is 17.8 Å². The summed E-state index contributed by atoms with van der Waals surface area (Å²) in [5, 5.41) is 9.46. The van der Waals surface area contributed by atoms with Crippen LogP contribution in [0.2, 0.25) is 0 Å². The van der Waals surface area contributed by atoms with E-state index in [1.54, 1.807) is 25.1 Å². The number of alkyl halides is 6. The number of nitrogens with zero attached hydrogens (tertiary/aromatic N) is 1. The highest BCUT2D eigenvalue weighted by molar-refractivity contribution is 5.71. The quantitative estimate of drug-likeness (QED) is 0.422. The van der Waals surface area contributed by atoms with Gasteiger partial charge in [-0.1, -0.05) is 19.1 Å². The number of carboxylic acid groups (broad SMARTS) is 1. The smallest absolute Gasteiger partial charge is 0.418 e. The van der Waals surface area contributed by atoms with Gasteiger partial charge in [-0.05, 0) is 60.6 Å². The number of carbonyl (C=O) groups is 1. The molecular weight excluding hydrogens is 476 g/mol. The number of rotatable bonds is 8. The Kier molecular flexibility index (Phi) is 6.68. The normalized spacial score (nSPS) is 18.7. The lowest BCUT2D eigenvalue weighted by Crippen LogP contribution is -2.50. The zero-order valence-electron chi connectivity index (χ0n) is 18.9. The van der Waals surface area contributed by atoms with E-state index in [1.165, 1.54) is 4.90 Å². The molecule has 2 aliphatic rings. The van der Waals surface area contributed by atoms with Gasteiger partial charge in [-0.25, -0.2) is 0 Å². The van der Waals surface area contributed by atoms with Crippen LogP contribution in [0.3, 0.4) is 0 Å². The number of ether oxygens (including phenoxy) is 1. The standard InChI is InChI=1S/C25H25F6NO3/c1-14(23(33)34)22(16-5-6-16)17-3-2-4-19(9-17)35-13-15-11-32(12-15)21-10-18(24(26,27)28)7-8-20(21)25(29,30)31/h2-4,7-10,14-16,22H,5-6,11-13H2,1H3,(H,33,34)/t14-,22-/m0/s1. The third-order valence-corrected chi connectivity index (χ3v) is 6.72. The average Bonchev–Trinajstić information content (AvgIpc) is 3.56. The Bertz CT molecular complexity index is 1070. The van der Waals surface area contributed by atoms with Gasteiger partial charge in [0.15, 0.2) is 0 Å². The molecule has 2 aromatic carbocycles. The molecule has 0 amide bonds. The van der Waals surface area contributed by atoms with E-state index < -0.39 is 41.1 Å². The summed E-state index contributed by atoms with van der Waals surface area (Å²) in [4.78, 5) is 12.8. The fourth-order valence-corrected chi connectivity index (χ4v) is 4.69. The molecule has 0 spiro atoms. The summed E-state index contributed by atoms with van der Waals surface area (Å²) in [6.45, 7) is 2.13. The first-order chi connectivity index (χ1) is 16.3. The lowest BCUT2D eigenvalue weighted by atomic mass is 9.83. The van der Waals surface area contributed by atoms with Gasteiger partial charge in [0.1, 0.15) is 5.75 Å². The molecule has 4 nitrogen and oxygen atoms in total. The molecule has 1 aliphatic heterocycles. The van der Waals surface area contributed by atoms with Gasteiger partial charge in [-0.3, -0.25) is 4.79 Å². The van der Waals surface area contributed by atoms with Crippen LogP contribution in [0.4, 0.5) is 32.0 Å². The summed E-state index contributed by atoms with van der Waals surface area (Å²) in [5.41, 5.74) is -1.84. The summed E-state index contributed by atoms with van der Waals surface area (Å²) < 4.78 is 85.1. The number of aliphatic carboxylic acids is 1. The van der Waals surface area contributed by atoms with Gasteiger partial charge in [-0.15, -0.1) is 0 Å². The maximum absolute atomic E-state index is 13.4. The van der Waals surface area contributed by atoms with Crippen molar-refractivity contribution in [2.45, 2.75) is 38.0 Å². The summed E-state index contributed by atoms with van der Waals surface area (Å²) in [6.07, 6.45) is -7.57. The largest absolute Gasteiger partial charge is 0.493 e. The summed E-state index contributed by atoms with van der Waals surface area (Å²) >= 11 is 0. The third kappa shape index (κ3) is 5.67. The summed E-state index contributed by atoms with van der Waals surface area (Å²) in [7, 11) is 0. The lowest BCUT2D eigenvalue weighted by molar-refractivity contribution is -0.142. The Morgan fingerprint density at radius 1 is 1.06 bits per heavy atom. The molecule has 4 rings (SSSR count). The second kappa shape index (κ2) is 9.28.